The summed E-state index contributed by atoms with van der Waals surface area (Å²) in [5, 5.41) is 13.2. The normalized spacial score (nSPS) is 21.4. The molecular weight excluding hydrogens is 218 g/mol. The first-order valence-corrected chi connectivity index (χ1v) is 6.12. The molecule has 0 amide bonds. The van der Waals surface area contributed by atoms with Crippen LogP contribution in [0.3, 0.4) is 0 Å². The van der Waals surface area contributed by atoms with E-state index in [1.54, 1.807) is 6.07 Å². The highest BCUT2D eigenvalue weighted by Gasteiger charge is 2.46. The molecule has 1 spiro atoms. The number of carboxylic acids is 1. The summed E-state index contributed by atoms with van der Waals surface area (Å²) in [5.41, 5.74) is 0. The first-order valence-electron chi connectivity index (χ1n) is 4.49. The maximum Gasteiger partial charge on any atom is 0.345 e. The summed E-state index contributed by atoms with van der Waals surface area (Å²) in [6, 6.07) is 1.79. The van der Waals surface area contributed by atoms with Gasteiger partial charge in [0.25, 0.3) is 0 Å². The number of hydrogen-bond acceptors (Lipinski definition) is 4. The van der Waals surface area contributed by atoms with E-state index in [0.717, 1.165) is 16.4 Å². The third kappa shape index (κ3) is 1.23. The van der Waals surface area contributed by atoms with Gasteiger partial charge in [0.15, 0.2) is 0 Å². The van der Waals surface area contributed by atoms with Crippen molar-refractivity contribution < 1.29 is 9.90 Å². The summed E-state index contributed by atoms with van der Waals surface area (Å²) in [5.74, 6) is -0.823. The van der Waals surface area contributed by atoms with Crippen molar-refractivity contribution in [1.82, 2.24) is 0 Å². The Kier molecular flexibility index (Phi) is 1.64. The number of anilines is 1. The van der Waals surface area contributed by atoms with E-state index < -0.39 is 5.97 Å². The van der Waals surface area contributed by atoms with Gasteiger partial charge in [-0.1, -0.05) is 0 Å². The summed E-state index contributed by atoms with van der Waals surface area (Å²) >= 11 is 3.19. The van der Waals surface area contributed by atoms with Gasteiger partial charge in [0.05, 0.1) is 0 Å². The zero-order chi connectivity index (χ0) is 9.76. The third-order valence-electron chi connectivity index (χ3n) is 2.61. The van der Waals surface area contributed by atoms with Gasteiger partial charge >= 0.3 is 5.97 Å². The van der Waals surface area contributed by atoms with E-state index in [4.69, 9.17) is 5.11 Å². The second-order valence-corrected chi connectivity index (χ2v) is 6.31. The predicted octanol–water partition coefficient (Wildman–Crippen LogP) is 2.50. The Morgan fingerprint density at radius 2 is 2.36 bits per heavy atom. The number of rotatable bonds is 1. The minimum Gasteiger partial charge on any atom is -0.477 e. The van der Waals surface area contributed by atoms with Crippen LogP contribution in [0.4, 0.5) is 5.00 Å². The molecule has 2 N–H and O–H groups in total. The highest BCUT2D eigenvalue weighted by molar-refractivity contribution is 8.01. The fourth-order valence-corrected chi connectivity index (χ4v) is 3.98. The Morgan fingerprint density at radius 3 is 3.00 bits per heavy atom. The first kappa shape index (κ1) is 8.61. The second kappa shape index (κ2) is 2.67. The lowest BCUT2D eigenvalue weighted by molar-refractivity contribution is 0.0702. The molecule has 0 unspecified atom stereocenters. The number of fused-ring (bicyclic) bond motifs is 1. The van der Waals surface area contributed by atoms with Crippen LogP contribution < -0.4 is 5.32 Å². The summed E-state index contributed by atoms with van der Waals surface area (Å²) in [7, 11) is 0. The molecule has 3 rings (SSSR count). The van der Waals surface area contributed by atoms with Gasteiger partial charge in [-0.3, -0.25) is 0 Å². The molecule has 3 nitrogen and oxygen atoms in total. The summed E-state index contributed by atoms with van der Waals surface area (Å²) in [6.45, 7) is 0.990. The Bertz CT molecular complexity index is 409. The van der Waals surface area contributed by atoms with Crippen molar-refractivity contribution in [2.45, 2.75) is 22.5 Å². The topological polar surface area (TPSA) is 49.3 Å². The fourth-order valence-electron chi connectivity index (χ4n) is 1.61. The van der Waals surface area contributed by atoms with Crippen LogP contribution in [0.15, 0.2) is 11.0 Å². The highest BCUT2D eigenvalue weighted by atomic mass is 32.2. The minimum atomic E-state index is -0.823. The van der Waals surface area contributed by atoms with Crippen LogP contribution >= 0.6 is 23.1 Å². The van der Waals surface area contributed by atoms with E-state index in [1.807, 2.05) is 11.8 Å². The summed E-state index contributed by atoms with van der Waals surface area (Å²) < 4.78 is 0.393. The molecule has 1 fully saturated rings. The number of hydrogen-bond donors (Lipinski definition) is 2. The summed E-state index contributed by atoms with van der Waals surface area (Å²) in [6.07, 6.45) is 2.50. The first-order chi connectivity index (χ1) is 6.69. The van der Waals surface area contributed by atoms with E-state index in [1.165, 1.54) is 24.2 Å². The van der Waals surface area contributed by atoms with Crippen molar-refractivity contribution in [2.24, 2.45) is 0 Å². The van der Waals surface area contributed by atoms with Crippen molar-refractivity contribution >= 4 is 34.1 Å². The maximum absolute atomic E-state index is 10.8. The minimum absolute atomic E-state index is 0.393. The van der Waals surface area contributed by atoms with Crippen LogP contribution in [0.5, 0.6) is 0 Å². The number of carbonyl (C=O) groups is 1. The molecule has 0 radical (unpaired) electrons. The van der Waals surface area contributed by atoms with Crippen molar-refractivity contribution in [1.29, 1.82) is 0 Å². The molecular formula is C9H9NO2S2. The zero-order valence-corrected chi connectivity index (χ0v) is 9.00. The van der Waals surface area contributed by atoms with Crippen LogP contribution in [0.2, 0.25) is 0 Å². The van der Waals surface area contributed by atoms with Gasteiger partial charge in [0.1, 0.15) is 9.88 Å². The van der Waals surface area contributed by atoms with Gasteiger partial charge < -0.3 is 10.4 Å². The summed E-state index contributed by atoms with van der Waals surface area (Å²) in [4.78, 5) is 12.3. The molecule has 0 aromatic carbocycles. The van der Waals surface area contributed by atoms with Crippen LogP contribution in [0.25, 0.3) is 0 Å². The van der Waals surface area contributed by atoms with Crippen LogP contribution in [-0.4, -0.2) is 22.4 Å². The highest BCUT2D eigenvalue weighted by Crippen LogP contribution is 2.57. The zero-order valence-electron chi connectivity index (χ0n) is 7.37. The largest absolute Gasteiger partial charge is 0.477 e. The van der Waals surface area contributed by atoms with Crippen molar-refractivity contribution in [3.8, 4) is 0 Å². The quantitative estimate of drug-likeness (QED) is 0.774. The van der Waals surface area contributed by atoms with E-state index >= 15 is 0 Å². The van der Waals surface area contributed by atoms with Crippen LogP contribution in [0, 0.1) is 0 Å². The average molecular weight is 227 g/mol. The standard InChI is InChI=1S/C9H9NO2S2/c11-8(12)6-3-5-7(13-6)10-4-9(14-5)1-2-9/h3,10H,1-2,4H2,(H,11,12). The van der Waals surface area contributed by atoms with Crippen LogP contribution in [-0.2, 0) is 0 Å². The number of nitrogens with one attached hydrogen (secondary N) is 1. The molecule has 0 atom stereocenters. The van der Waals surface area contributed by atoms with Gasteiger partial charge in [-0.25, -0.2) is 4.79 Å². The lowest BCUT2D eigenvalue weighted by atomic mass is 10.4. The van der Waals surface area contributed by atoms with Gasteiger partial charge in [0, 0.05) is 16.2 Å². The van der Waals surface area contributed by atoms with Crippen LogP contribution in [0.1, 0.15) is 22.5 Å². The van der Waals surface area contributed by atoms with E-state index in [2.05, 4.69) is 5.32 Å². The van der Waals surface area contributed by atoms with Gasteiger partial charge in [-0.05, 0) is 18.9 Å². The lowest BCUT2D eigenvalue weighted by Crippen LogP contribution is -2.21. The predicted molar refractivity (Wildman–Crippen MR) is 57.6 cm³/mol. The number of aromatic carboxylic acids is 1. The molecule has 2 heterocycles. The van der Waals surface area contributed by atoms with Gasteiger partial charge in [-0.2, -0.15) is 0 Å². The number of thiophene rings is 1. The van der Waals surface area contributed by atoms with Gasteiger partial charge in [0.2, 0.25) is 0 Å². The molecule has 14 heavy (non-hydrogen) atoms. The Hall–Kier alpha value is -0.680. The molecule has 0 saturated heterocycles. The monoisotopic (exact) mass is 227 g/mol. The number of carboxylic acid groups (broad SMARTS) is 1. The molecule has 1 aliphatic heterocycles. The third-order valence-corrected chi connectivity index (χ3v) is 5.35. The van der Waals surface area contributed by atoms with Gasteiger partial charge in [-0.15, -0.1) is 23.1 Å². The molecule has 1 saturated carbocycles. The molecule has 5 heteroatoms. The van der Waals surface area contributed by atoms with E-state index in [0.29, 0.717) is 9.62 Å². The Morgan fingerprint density at radius 1 is 1.57 bits per heavy atom. The Labute approximate surface area is 89.5 Å². The van der Waals surface area contributed by atoms with Crippen molar-refractivity contribution in [3.63, 3.8) is 0 Å². The van der Waals surface area contributed by atoms with E-state index in [-0.39, 0.29) is 0 Å². The molecule has 1 aliphatic carbocycles. The number of thioether (sulfide) groups is 1. The molecule has 2 aliphatic rings. The SMILES string of the molecule is O=C(O)c1cc2c(s1)NCC1(CC1)S2. The molecule has 1 aromatic rings. The lowest BCUT2D eigenvalue weighted by Gasteiger charge is -2.21. The fraction of sp³-hybridized carbons (Fsp3) is 0.444. The molecule has 1 aromatic heterocycles. The smallest absolute Gasteiger partial charge is 0.345 e. The molecule has 74 valence electrons. The molecule has 0 bridgehead atoms. The average Bonchev–Trinajstić information content (AvgIpc) is 2.76. The second-order valence-electron chi connectivity index (χ2n) is 3.75. The van der Waals surface area contributed by atoms with Crippen molar-refractivity contribution in [3.05, 3.63) is 10.9 Å². The Balaban J connectivity index is 1.97. The maximum atomic E-state index is 10.8. The van der Waals surface area contributed by atoms with Crippen molar-refractivity contribution in [2.75, 3.05) is 11.9 Å². The van der Waals surface area contributed by atoms with E-state index in [9.17, 15) is 4.79 Å².